The van der Waals surface area contributed by atoms with E-state index in [1.165, 1.54) is 22.3 Å². The van der Waals surface area contributed by atoms with E-state index in [0.717, 1.165) is 0 Å². The lowest BCUT2D eigenvalue weighted by Crippen LogP contribution is -2.47. The molecule has 3 rings (SSSR count). The molecule has 0 spiro atoms. The third-order valence-electron chi connectivity index (χ3n) is 5.01. The molecule has 0 radical (unpaired) electrons. The Morgan fingerprint density at radius 2 is 1.62 bits per heavy atom. The first kappa shape index (κ1) is 26.4. The number of hydrogen-bond acceptors (Lipinski definition) is 5. The number of benzene rings is 2. The van der Waals surface area contributed by atoms with Gasteiger partial charge in [-0.2, -0.15) is 0 Å². The molecule has 0 fully saturated rings. The van der Waals surface area contributed by atoms with Crippen LogP contribution in [0.1, 0.15) is 46.5 Å². The van der Waals surface area contributed by atoms with Crippen LogP contribution in [0.5, 0.6) is 0 Å². The molecule has 0 aliphatic carbocycles. The van der Waals surface area contributed by atoms with Crippen molar-refractivity contribution in [3.05, 3.63) is 73.7 Å². The maximum atomic E-state index is 13.7. The minimum Gasteiger partial charge on any atom is -0.395 e. The number of aliphatic hydroxyl groups is 1. The largest absolute Gasteiger partial charge is 0.395 e. The number of carbonyl (C=O) groups excluding carboxylic acids is 2. The zero-order valence-corrected chi connectivity index (χ0v) is 22.2. The Kier molecular flexibility index (Phi) is 8.26. The van der Waals surface area contributed by atoms with Gasteiger partial charge in [0.1, 0.15) is 5.69 Å². The number of amides is 2. The molecule has 180 valence electrons. The van der Waals surface area contributed by atoms with Crippen molar-refractivity contribution in [3.8, 4) is 0 Å². The van der Waals surface area contributed by atoms with Crippen LogP contribution in [-0.2, 0) is 0 Å². The highest BCUT2D eigenvalue weighted by Gasteiger charge is 2.32. The Labute approximate surface area is 217 Å². The maximum absolute atomic E-state index is 13.7. The first-order valence-electron chi connectivity index (χ1n) is 10.4. The zero-order valence-electron chi connectivity index (χ0n) is 19.1. The first-order valence-corrected chi connectivity index (χ1v) is 12.3. The molecule has 3 aromatic rings. The summed E-state index contributed by atoms with van der Waals surface area (Å²) in [5.74, 6) is -0.755. The van der Waals surface area contributed by atoms with Crippen LogP contribution in [0.4, 0.5) is 10.8 Å². The number of aryl methyl sites for hydroxylation is 1. The second-order valence-corrected chi connectivity index (χ2v) is 11.0. The molecule has 1 aromatic heterocycles. The van der Waals surface area contributed by atoms with Crippen molar-refractivity contribution in [2.24, 2.45) is 0 Å². The van der Waals surface area contributed by atoms with Gasteiger partial charge in [-0.15, -0.1) is 11.3 Å². The van der Waals surface area contributed by atoms with Gasteiger partial charge in [-0.05, 0) is 70.2 Å². The summed E-state index contributed by atoms with van der Waals surface area (Å²) in [7, 11) is 0. The number of aromatic nitrogens is 1. The Morgan fingerprint density at radius 1 is 1.00 bits per heavy atom. The van der Waals surface area contributed by atoms with Crippen molar-refractivity contribution >= 4 is 68.8 Å². The van der Waals surface area contributed by atoms with E-state index in [9.17, 15) is 14.7 Å². The van der Waals surface area contributed by atoms with Gasteiger partial charge in [0, 0.05) is 27.0 Å². The number of rotatable bonds is 6. The monoisotopic (exact) mass is 539 g/mol. The van der Waals surface area contributed by atoms with E-state index < -0.39 is 11.4 Å². The fraction of sp³-hybridized carbons (Fsp3) is 0.292. The number of thiazole rings is 1. The average molecular weight is 541 g/mol. The highest BCUT2D eigenvalue weighted by atomic mass is 35.5. The van der Waals surface area contributed by atoms with Crippen LogP contribution in [0.15, 0.2) is 42.5 Å². The smallest absolute Gasteiger partial charge is 0.274 e. The minimum absolute atomic E-state index is 0.162. The summed E-state index contributed by atoms with van der Waals surface area (Å²) >= 11 is 19.6. The van der Waals surface area contributed by atoms with Gasteiger partial charge in [0.05, 0.1) is 22.9 Å². The van der Waals surface area contributed by atoms with E-state index in [2.05, 4.69) is 4.98 Å². The highest BCUT2D eigenvalue weighted by molar-refractivity contribution is 7.16. The number of carbonyl (C=O) groups is 2. The summed E-state index contributed by atoms with van der Waals surface area (Å²) in [6.07, 6.45) is 0. The Balaban J connectivity index is 2.11. The summed E-state index contributed by atoms with van der Waals surface area (Å²) in [5, 5.41) is 10.9. The molecule has 0 bridgehead atoms. The number of hydrogen-bond donors (Lipinski definition) is 1. The van der Waals surface area contributed by atoms with Gasteiger partial charge in [-0.1, -0.05) is 34.8 Å². The molecule has 2 amide bonds. The molecule has 34 heavy (non-hydrogen) atoms. The zero-order chi connectivity index (χ0) is 25.2. The number of anilines is 2. The number of halogens is 3. The second-order valence-electron chi connectivity index (χ2n) is 8.49. The third kappa shape index (κ3) is 5.73. The molecule has 0 aliphatic heterocycles. The quantitative estimate of drug-likeness (QED) is 0.381. The summed E-state index contributed by atoms with van der Waals surface area (Å²) in [4.78, 5) is 35.2. The summed E-state index contributed by atoms with van der Waals surface area (Å²) < 4.78 is 0. The predicted octanol–water partition coefficient (Wildman–Crippen LogP) is 6.62. The normalized spacial score (nSPS) is 11.4. The lowest BCUT2D eigenvalue weighted by atomic mass is 10.1. The number of β-amino-alcohol motifs (C(OH)–C–C–N with tert-alkyl or cyclic N) is 1. The van der Waals surface area contributed by atoms with Crippen molar-refractivity contribution < 1.29 is 14.7 Å². The Bertz CT molecular complexity index is 1210. The predicted molar refractivity (Wildman–Crippen MR) is 139 cm³/mol. The molecular weight excluding hydrogens is 517 g/mol. The fourth-order valence-electron chi connectivity index (χ4n) is 3.33. The van der Waals surface area contributed by atoms with E-state index in [0.29, 0.717) is 25.7 Å². The molecule has 2 aromatic carbocycles. The molecule has 0 unspecified atom stereocenters. The maximum Gasteiger partial charge on any atom is 0.274 e. The summed E-state index contributed by atoms with van der Waals surface area (Å²) in [6.45, 7) is 7.41. The molecule has 1 N–H and O–H groups in total. The van der Waals surface area contributed by atoms with Crippen molar-refractivity contribution in [2.45, 2.75) is 33.2 Å². The topological polar surface area (TPSA) is 73.7 Å². The van der Waals surface area contributed by atoms with Gasteiger partial charge < -0.3 is 10.0 Å². The van der Waals surface area contributed by atoms with Crippen LogP contribution in [0.3, 0.4) is 0 Å². The van der Waals surface area contributed by atoms with Crippen molar-refractivity contribution in [3.63, 3.8) is 0 Å². The van der Waals surface area contributed by atoms with Crippen LogP contribution < -0.4 is 4.90 Å². The van der Waals surface area contributed by atoms with Crippen molar-refractivity contribution in [1.82, 2.24) is 9.88 Å². The van der Waals surface area contributed by atoms with E-state index in [1.807, 2.05) is 20.8 Å². The van der Waals surface area contributed by atoms with Crippen LogP contribution >= 0.6 is 46.1 Å². The molecule has 0 saturated heterocycles. The van der Waals surface area contributed by atoms with Crippen molar-refractivity contribution in [1.29, 1.82) is 0 Å². The lowest BCUT2D eigenvalue weighted by Gasteiger charge is -2.35. The molecule has 0 aliphatic rings. The standard InChI is InChI=1S/C24H24Cl3N3O3S/c1-14-20(22(33)29(11-12-31)24(2,3)4)28-23(34-14)30(17-8-5-15(25)6-9-17)21(32)18-10-7-16(26)13-19(18)27/h5-10,13,31H,11-12H2,1-4H3. The molecule has 6 nitrogen and oxygen atoms in total. The first-order chi connectivity index (χ1) is 15.9. The molecular formula is C24H24Cl3N3O3S. The van der Waals surface area contributed by atoms with Gasteiger partial charge in [0.25, 0.3) is 11.8 Å². The molecule has 0 saturated carbocycles. The SMILES string of the molecule is Cc1sc(N(C(=O)c2ccc(Cl)cc2Cl)c2ccc(Cl)cc2)nc1C(=O)N(CCO)C(C)(C)C. The number of nitrogens with zero attached hydrogens (tertiary/aromatic N) is 3. The van der Waals surface area contributed by atoms with E-state index in [4.69, 9.17) is 34.8 Å². The lowest BCUT2D eigenvalue weighted by molar-refractivity contribution is 0.0521. The fourth-order valence-corrected chi connectivity index (χ4v) is 4.87. The molecule has 1 heterocycles. The van der Waals surface area contributed by atoms with Gasteiger partial charge in [-0.3, -0.25) is 14.5 Å². The Morgan fingerprint density at radius 3 is 2.18 bits per heavy atom. The van der Waals surface area contributed by atoms with Gasteiger partial charge in [0.2, 0.25) is 0 Å². The third-order valence-corrected chi connectivity index (χ3v) is 6.76. The molecule has 0 atom stereocenters. The van der Waals surface area contributed by atoms with Gasteiger partial charge >= 0.3 is 0 Å². The van der Waals surface area contributed by atoms with Crippen LogP contribution in [0, 0.1) is 6.92 Å². The highest BCUT2D eigenvalue weighted by Crippen LogP contribution is 2.36. The summed E-state index contributed by atoms with van der Waals surface area (Å²) in [6, 6.07) is 11.3. The van der Waals surface area contributed by atoms with Gasteiger partial charge in [0.15, 0.2) is 5.13 Å². The van der Waals surface area contributed by atoms with E-state index >= 15 is 0 Å². The van der Waals surface area contributed by atoms with Crippen LogP contribution in [-0.4, -0.2) is 45.5 Å². The minimum atomic E-state index is -0.529. The second kappa shape index (κ2) is 10.6. The van der Waals surface area contributed by atoms with Gasteiger partial charge in [-0.25, -0.2) is 4.98 Å². The van der Waals surface area contributed by atoms with Crippen molar-refractivity contribution in [2.75, 3.05) is 18.1 Å². The van der Waals surface area contributed by atoms with Crippen LogP contribution in [0.2, 0.25) is 15.1 Å². The molecule has 10 heteroatoms. The Hall–Kier alpha value is -2.16. The van der Waals surface area contributed by atoms with Crippen LogP contribution in [0.25, 0.3) is 0 Å². The van der Waals surface area contributed by atoms with E-state index in [-0.39, 0.29) is 35.3 Å². The van der Waals surface area contributed by atoms with E-state index in [1.54, 1.807) is 48.2 Å². The number of aliphatic hydroxyl groups excluding tert-OH is 1. The summed E-state index contributed by atoms with van der Waals surface area (Å²) in [5.41, 5.74) is 0.435. The average Bonchev–Trinajstić information content (AvgIpc) is 3.13.